The third kappa shape index (κ3) is 4.97. The van der Waals surface area contributed by atoms with Gasteiger partial charge in [-0.1, -0.05) is 52.7 Å². The first-order valence-electron chi connectivity index (χ1n) is 9.57. The van der Waals surface area contributed by atoms with E-state index < -0.39 is 0 Å². The largest absolute Gasteiger partial charge is 0.358 e. The lowest BCUT2D eigenvalue weighted by Crippen LogP contribution is -2.48. The monoisotopic (exact) mass is 434 g/mol. The Morgan fingerprint density at radius 3 is 2.54 bits per heavy atom. The Kier molecular flexibility index (Phi) is 6.38. The molecule has 1 N–H and O–H groups in total. The summed E-state index contributed by atoms with van der Waals surface area (Å²) in [5, 5.41) is 5.82. The van der Waals surface area contributed by atoms with Gasteiger partial charge in [-0.3, -0.25) is 9.80 Å². The molecule has 0 bridgehead atoms. The van der Waals surface area contributed by atoms with E-state index in [0.717, 1.165) is 49.9 Å². The van der Waals surface area contributed by atoms with E-state index in [4.69, 9.17) is 23.2 Å². The topological polar surface area (TPSA) is 31.4 Å². The van der Waals surface area contributed by atoms with Crippen LogP contribution in [0.3, 0.4) is 0 Å². The van der Waals surface area contributed by atoms with Crippen LogP contribution in [0.15, 0.2) is 42.5 Å². The summed E-state index contributed by atoms with van der Waals surface area (Å²) in [4.78, 5) is 9.68. The number of halogens is 2. The lowest BCUT2D eigenvalue weighted by Gasteiger charge is -2.36. The Balaban J connectivity index is 1.25. The minimum Gasteiger partial charge on any atom is -0.358 e. The standard InChI is InChI=1S/C21H24Cl2N4S/c1-15(24-21-25-19-4-2-3-5-20(19)28-21)13-26-8-10-27(11-9-26)14-16-6-7-17(22)18(23)12-16/h2-7,12,15H,8-11,13-14H2,1H3,(H,24,25). The van der Waals surface area contributed by atoms with Crippen molar-refractivity contribution in [2.24, 2.45) is 0 Å². The van der Waals surface area contributed by atoms with Crippen LogP contribution in [-0.2, 0) is 6.54 Å². The second-order valence-corrected chi connectivity index (χ2v) is 9.20. The maximum atomic E-state index is 6.13. The number of fused-ring (bicyclic) bond motifs is 1. The van der Waals surface area contributed by atoms with Gasteiger partial charge in [0, 0.05) is 45.3 Å². The highest BCUT2D eigenvalue weighted by Gasteiger charge is 2.19. The fourth-order valence-electron chi connectivity index (χ4n) is 3.60. The predicted octanol–water partition coefficient (Wildman–Crippen LogP) is 5.22. The van der Waals surface area contributed by atoms with Gasteiger partial charge in [0.25, 0.3) is 0 Å². The normalized spacial score (nSPS) is 17.1. The molecule has 1 aliphatic rings. The molecule has 28 heavy (non-hydrogen) atoms. The SMILES string of the molecule is CC(CN1CCN(Cc2ccc(Cl)c(Cl)c2)CC1)Nc1nc2ccccc2s1. The Morgan fingerprint density at radius 1 is 1.04 bits per heavy atom. The zero-order valence-corrected chi connectivity index (χ0v) is 18.2. The van der Waals surface area contributed by atoms with Gasteiger partial charge in [-0.15, -0.1) is 0 Å². The third-order valence-electron chi connectivity index (χ3n) is 5.05. The van der Waals surface area contributed by atoms with Crippen molar-refractivity contribution in [2.75, 3.05) is 38.0 Å². The van der Waals surface area contributed by atoms with Crippen LogP contribution in [0.2, 0.25) is 10.0 Å². The quantitative estimate of drug-likeness (QED) is 0.575. The molecule has 1 aromatic heterocycles. The number of benzene rings is 2. The van der Waals surface area contributed by atoms with Crippen LogP contribution >= 0.6 is 34.5 Å². The highest BCUT2D eigenvalue weighted by molar-refractivity contribution is 7.22. The maximum Gasteiger partial charge on any atom is 0.184 e. The van der Waals surface area contributed by atoms with Crippen LogP contribution < -0.4 is 5.32 Å². The number of thiazole rings is 1. The van der Waals surface area contributed by atoms with Gasteiger partial charge in [0.15, 0.2) is 5.13 Å². The highest BCUT2D eigenvalue weighted by atomic mass is 35.5. The van der Waals surface area contributed by atoms with Crippen LogP contribution in [0, 0.1) is 0 Å². The number of hydrogen-bond acceptors (Lipinski definition) is 5. The molecule has 1 unspecified atom stereocenters. The Hall–Kier alpha value is -1.37. The van der Waals surface area contributed by atoms with Gasteiger partial charge in [-0.25, -0.2) is 4.98 Å². The van der Waals surface area contributed by atoms with Crippen molar-refractivity contribution >= 4 is 49.9 Å². The van der Waals surface area contributed by atoms with E-state index in [-0.39, 0.29) is 0 Å². The first kappa shape index (κ1) is 19.9. The number of nitrogens with zero attached hydrogens (tertiary/aromatic N) is 3. The summed E-state index contributed by atoms with van der Waals surface area (Å²) < 4.78 is 1.23. The Bertz CT molecular complexity index is 904. The fourth-order valence-corrected chi connectivity index (χ4v) is 4.90. The van der Waals surface area contributed by atoms with Gasteiger partial charge >= 0.3 is 0 Å². The molecule has 2 heterocycles. The summed E-state index contributed by atoms with van der Waals surface area (Å²) in [6.45, 7) is 8.46. The lowest BCUT2D eigenvalue weighted by atomic mass is 10.2. The van der Waals surface area contributed by atoms with Crippen molar-refractivity contribution in [3.05, 3.63) is 58.1 Å². The first-order chi connectivity index (χ1) is 13.6. The predicted molar refractivity (Wildman–Crippen MR) is 121 cm³/mol. The second-order valence-electron chi connectivity index (χ2n) is 7.36. The molecule has 7 heteroatoms. The van der Waals surface area contributed by atoms with Gasteiger partial charge < -0.3 is 5.32 Å². The van der Waals surface area contributed by atoms with E-state index in [9.17, 15) is 0 Å². The summed E-state index contributed by atoms with van der Waals surface area (Å²) in [6, 6.07) is 14.6. The van der Waals surface area contributed by atoms with E-state index in [1.165, 1.54) is 10.3 Å². The minimum atomic E-state index is 0.363. The second kappa shape index (κ2) is 8.97. The average Bonchev–Trinajstić information content (AvgIpc) is 3.08. The molecule has 0 spiro atoms. The number of aromatic nitrogens is 1. The molecule has 0 saturated carbocycles. The van der Waals surface area contributed by atoms with E-state index in [0.29, 0.717) is 16.1 Å². The summed E-state index contributed by atoms with van der Waals surface area (Å²) in [6.07, 6.45) is 0. The Morgan fingerprint density at radius 2 is 1.79 bits per heavy atom. The molecule has 1 saturated heterocycles. The molecule has 0 radical (unpaired) electrons. The summed E-state index contributed by atoms with van der Waals surface area (Å²) in [7, 11) is 0. The molecule has 1 aliphatic heterocycles. The molecule has 1 atom stereocenters. The number of nitrogens with one attached hydrogen (secondary N) is 1. The molecule has 0 aliphatic carbocycles. The zero-order chi connectivity index (χ0) is 19.5. The highest BCUT2D eigenvalue weighted by Crippen LogP contribution is 2.26. The van der Waals surface area contributed by atoms with Crippen molar-refractivity contribution in [1.29, 1.82) is 0 Å². The average molecular weight is 435 g/mol. The number of rotatable bonds is 6. The summed E-state index contributed by atoms with van der Waals surface area (Å²) in [5.74, 6) is 0. The van der Waals surface area contributed by atoms with Crippen molar-refractivity contribution in [1.82, 2.24) is 14.8 Å². The summed E-state index contributed by atoms with van der Waals surface area (Å²) >= 11 is 13.9. The molecule has 2 aromatic carbocycles. The van der Waals surface area contributed by atoms with Crippen molar-refractivity contribution < 1.29 is 0 Å². The smallest absolute Gasteiger partial charge is 0.184 e. The third-order valence-corrected chi connectivity index (χ3v) is 6.76. The Labute approximate surface area is 180 Å². The van der Waals surface area contributed by atoms with Crippen molar-refractivity contribution in [3.8, 4) is 0 Å². The lowest BCUT2D eigenvalue weighted by molar-refractivity contribution is 0.125. The van der Waals surface area contributed by atoms with Crippen LogP contribution in [0.5, 0.6) is 0 Å². The molecule has 4 nitrogen and oxygen atoms in total. The van der Waals surface area contributed by atoms with Gasteiger partial charge in [0.05, 0.1) is 20.3 Å². The van der Waals surface area contributed by atoms with E-state index in [1.54, 1.807) is 11.3 Å². The fraction of sp³-hybridized carbons (Fsp3) is 0.381. The van der Waals surface area contributed by atoms with Gasteiger partial charge in [0.2, 0.25) is 0 Å². The molecule has 4 rings (SSSR count). The van der Waals surface area contributed by atoms with Gasteiger partial charge in [-0.2, -0.15) is 0 Å². The molecular weight excluding hydrogens is 411 g/mol. The van der Waals surface area contributed by atoms with Gasteiger partial charge in [0.1, 0.15) is 0 Å². The maximum absolute atomic E-state index is 6.13. The molecule has 3 aromatic rings. The van der Waals surface area contributed by atoms with Crippen LogP contribution in [-0.4, -0.2) is 53.5 Å². The number of para-hydroxylation sites is 1. The van der Waals surface area contributed by atoms with E-state index in [2.05, 4.69) is 51.3 Å². The van der Waals surface area contributed by atoms with Crippen LogP contribution in [0.4, 0.5) is 5.13 Å². The molecular formula is C21H24Cl2N4S. The summed E-state index contributed by atoms with van der Waals surface area (Å²) in [5.41, 5.74) is 2.28. The first-order valence-corrected chi connectivity index (χ1v) is 11.1. The van der Waals surface area contributed by atoms with E-state index >= 15 is 0 Å². The molecule has 148 valence electrons. The molecule has 1 fully saturated rings. The number of anilines is 1. The van der Waals surface area contributed by atoms with E-state index in [1.807, 2.05) is 18.2 Å². The van der Waals surface area contributed by atoms with Crippen LogP contribution in [0.25, 0.3) is 10.2 Å². The van der Waals surface area contributed by atoms with Gasteiger partial charge in [-0.05, 0) is 36.8 Å². The molecule has 0 amide bonds. The van der Waals surface area contributed by atoms with Crippen molar-refractivity contribution in [3.63, 3.8) is 0 Å². The van der Waals surface area contributed by atoms with Crippen molar-refractivity contribution in [2.45, 2.75) is 19.5 Å². The minimum absolute atomic E-state index is 0.363. The zero-order valence-electron chi connectivity index (χ0n) is 15.9. The number of hydrogen-bond donors (Lipinski definition) is 1. The van der Waals surface area contributed by atoms with Crippen LogP contribution in [0.1, 0.15) is 12.5 Å². The number of piperazine rings is 1.